The summed E-state index contributed by atoms with van der Waals surface area (Å²) in [6.07, 6.45) is 3.97. The first kappa shape index (κ1) is 23.0. The molecule has 0 aliphatic carbocycles. The molecule has 2 aliphatic heterocycles. The van der Waals surface area contributed by atoms with Crippen molar-refractivity contribution < 1.29 is 37.9 Å². The average Bonchev–Trinajstić information content (AvgIpc) is 3.50. The van der Waals surface area contributed by atoms with Crippen LogP contribution in [-0.2, 0) is 19.3 Å². The predicted molar refractivity (Wildman–Crippen MR) is 122 cm³/mol. The van der Waals surface area contributed by atoms with Crippen LogP contribution in [0.1, 0.15) is 48.9 Å². The lowest BCUT2D eigenvalue weighted by Crippen LogP contribution is -2.08. The molecule has 4 rings (SSSR count). The lowest BCUT2D eigenvalue weighted by molar-refractivity contribution is 0.169. The summed E-state index contributed by atoms with van der Waals surface area (Å²) in [5.74, 6) is 4.95. The Morgan fingerprint density at radius 3 is 1.21 bits per heavy atom. The minimum Gasteiger partial charge on any atom is -0.492 e. The molecule has 0 unspecified atom stereocenters. The van der Waals surface area contributed by atoms with E-state index in [-0.39, 0.29) is 13.6 Å². The molecule has 0 saturated carbocycles. The van der Waals surface area contributed by atoms with Crippen molar-refractivity contribution in [3.05, 3.63) is 22.3 Å². The number of hydrogen-bond acceptors (Lipinski definition) is 8. The number of fused-ring (bicyclic) bond motifs is 2. The normalized spacial score (nSPS) is 13.3. The summed E-state index contributed by atoms with van der Waals surface area (Å²) in [7, 11) is 6.52. The molecule has 33 heavy (non-hydrogen) atoms. The maximum Gasteiger partial charge on any atom is 0.231 e. The van der Waals surface area contributed by atoms with Crippen molar-refractivity contribution in [2.45, 2.75) is 46.0 Å². The van der Waals surface area contributed by atoms with Gasteiger partial charge in [0.15, 0.2) is 23.0 Å². The molecule has 0 amide bonds. The summed E-state index contributed by atoms with van der Waals surface area (Å²) in [5.41, 5.74) is 4.05. The van der Waals surface area contributed by atoms with Crippen molar-refractivity contribution in [2.75, 3.05) is 42.0 Å². The van der Waals surface area contributed by atoms with Crippen molar-refractivity contribution in [1.82, 2.24) is 0 Å². The Morgan fingerprint density at radius 2 is 0.879 bits per heavy atom. The second kappa shape index (κ2) is 9.77. The maximum absolute atomic E-state index is 5.97. The summed E-state index contributed by atoms with van der Waals surface area (Å²) in [6, 6.07) is 0. The van der Waals surface area contributed by atoms with Gasteiger partial charge in [-0.1, -0.05) is 26.7 Å². The summed E-state index contributed by atoms with van der Waals surface area (Å²) >= 11 is 0. The molecular formula is C25H32O8. The minimum absolute atomic E-state index is 0.128. The lowest BCUT2D eigenvalue weighted by atomic mass is 9.89. The van der Waals surface area contributed by atoms with E-state index in [1.54, 1.807) is 28.4 Å². The summed E-state index contributed by atoms with van der Waals surface area (Å²) < 4.78 is 46.5. The van der Waals surface area contributed by atoms with Crippen molar-refractivity contribution >= 4 is 0 Å². The Balaban J connectivity index is 1.99. The predicted octanol–water partition coefficient (Wildman–Crippen LogP) is 4.67. The molecule has 8 heteroatoms. The van der Waals surface area contributed by atoms with E-state index in [1.165, 1.54) is 0 Å². The Kier molecular flexibility index (Phi) is 6.81. The van der Waals surface area contributed by atoms with Crippen molar-refractivity contribution in [3.8, 4) is 46.0 Å². The second-order valence-corrected chi connectivity index (χ2v) is 7.85. The second-order valence-electron chi connectivity index (χ2n) is 7.85. The first-order valence-corrected chi connectivity index (χ1v) is 11.2. The van der Waals surface area contributed by atoms with Crippen LogP contribution in [0.15, 0.2) is 0 Å². The topological polar surface area (TPSA) is 73.8 Å². The molecule has 0 saturated heterocycles. The van der Waals surface area contributed by atoms with E-state index in [0.717, 1.165) is 47.9 Å². The van der Waals surface area contributed by atoms with Gasteiger partial charge in [-0.2, -0.15) is 0 Å². The fraction of sp³-hybridized carbons (Fsp3) is 0.520. The van der Waals surface area contributed by atoms with Crippen LogP contribution in [-0.4, -0.2) is 42.0 Å². The van der Waals surface area contributed by atoms with Gasteiger partial charge in [-0.3, -0.25) is 0 Å². The summed E-state index contributed by atoms with van der Waals surface area (Å²) in [5, 5.41) is 0. The number of methoxy groups -OCH3 is 4. The molecule has 0 spiro atoms. The molecule has 0 bridgehead atoms. The van der Waals surface area contributed by atoms with E-state index in [0.29, 0.717) is 52.4 Å². The molecule has 0 N–H and O–H groups in total. The first-order chi connectivity index (χ1) is 16.1. The van der Waals surface area contributed by atoms with Gasteiger partial charge >= 0.3 is 0 Å². The SMILES string of the molecule is CCCc1c(Cc2c(CCC)c(OC)c(OC)c3c2OCO3)c2c(c(OC)c1OC)OCO2. The van der Waals surface area contributed by atoms with Crippen LogP contribution in [0.5, 0.6) is 46.0 Å². The monoisotopic (exact) mass is 460 g/mol. The zero-order chi connectivity index (χ0) is 23.5. The molecule has 180 valence electrons. The van der Waals surface area contributed by atoms with Crippen LogP contribution in [0.2, 0.25) is 0 Å². The first-order valence-electron chi connectivity index (χ1n) is 11.2. The maximum atomic E-state index is 5.97. The lowest BCUT2D eigenvalue weighted by Gasteiger charge is -2.23. The van der Waals surface area contributed by atoms with Crippen molar-refractivity contribution in [3.63, 3.8) is 0 Å². The average molecular weight is 461 g/mol. The fourth-order valence-electron chi connectivity index (χ4n) is 4.75. The molecule has 0 fully saturated rings. The largest absolute Gasteiger partial charge is 0.492 e. The summed E-state index contributed by atoms with van der Waals surface area (Å²) in [6.45, 7) is 4.52. The molecule has 2 aliphatic rings. The third kappa shape index (κ3) is 3.71. The van der Waals surface area contributed by atoms with Crippen molar-refractivity contribution in [2.24, 2.45) is 0 Å². The molecule has 2 aromatic rings. The van der Waals surface area contributed by atoms with Gasteiger partial charge in [-0.15, -0.1) is 0 Å². The number of hydrogen-bond donors (Lipinski definition) is 0. The van der Waals surface area contributed by atoms with E-state index >= 15 is 0 Å². The number of benzene rings is 2. The van der Waals surface area contributed by atoms with E-state index in [1.807, 2.05) is 0 Å². The van der Waals surface area contributed by atoms with Crippen LogP contribution in [0, 0.1) is 0 Å². The van der Waals surface area contributed by atoms with Gasteiger partial charge < -0.3 is 37.9 Å². The highest BCUT2D eigenvalue weighted by molar-refractivity contribution is 5.72. The molecule has 2 aromatic carbocycles. The fourth-order valence-corrected chi connectivity index (χ4v) is 4.75. The van der Waals surface area contributed by atoms with Crippen LogP contribution < -0.4 is 37.9 Å². The van der Waals surface area contributed by atoms with Gasteiger partial charge in [-0.25, -0.2) is 0 Å². The Labute approximate surface area is 194 Å². The molecule has 0 aromatic heterocycles. The Hall–Kier alpha value is -3.16. The third-order valence-electron chi connectivity index (χ3n) is 6.05. The molecule has 2 heterocycles. The molecule has 8 nitrogen and oxygen atoms in total. The van der Waals surface area contributed by atoms with Gasteiger partial charge in [0, 0.05) is 28.7 Å². The van der Waals surface area contributed by atoms with E-state index < -0.39 is 0 Å². The zero-order valence-electron chi connectivity index (χ0n) is 20.2. The molecule has 0 atom stereocenters. The number of ether oxygens (including phenoxy) is 8. The van der Waals surface area contributed by atoms with Gasteiger partial charge in [0.25, 0.3) is 0 Å². The van der Waals surface area contributed by atoms with Gasteiger partial charge in [0.2, 0.25) is 36.6 Å². The van der Waals surface area contributed by atoms with Crippen LogP contribution in [0.25, 0.3) is 0 Å². The van der Waals surface area contributed by atoms with Crippen LogP contribution >= 0.6 is 0 Å². The highest BCUT2D eigenvalue weighted by Crippen LogP contribution is 2.56. The van der Waals surface area contributed by atoms with Gasteiger partial charge in [0.05, 0.1) is 28.4 Å². The highest BCUT2D eigenvalue weighted by Gasteiger charge is 2.35. The van der Waals surface area contributed by atoms with Gasteiger partial charge in [0.1, 0.15) is 0 Å². The third-order valence-corrected chi connectivity index (χ3v) is 6.05. The molecule has 0 radical (unpaired) electrons. The Bertz CT molecular complexity index is 949. The van der Waals surface area contributed by atoms with Crippen LogP contribution in [0.4, 0.5) is 0 Å². The van der Waals surface area contributed by atoms with E-state index in [2.05, 4.69) is 13.8 Å². The zero-order valence-corrected chi connectivity index (χ0v) is 20.2. The quantitative estimate of drug-likeness (QED) is 0.506. The van der Waals surface area contributed by atoms with E-state index in [9.17, 15) is 0 Å². The molecular weight excluding hydrogens is 428 g/mol. The van der Waals surface area contributed by atoms with Crippen LogP contribution in [0.3, 0.4) is 0 Å². The standard InChI is InChI=1S/C25H32O8/c1-7-9-14-16(20-24(32-12-30-20)22(28-5)18(14)26-3)11-17-15(10-8-2)19(27-4)23(29-6)25-21(17)31-13-33-25/h7-13H2,1-6H3. The minimum atomic E-state index is 0.128. The smallest absolute Gasteiger partial charge is 0.231 e. The Morgan fingerprint density at radius 1 is 0.515 bits per heavy atom. The van der Waals surface area contributed by atoms with Crippen molar-refractivity contribution in [1.29, 1.82) is 0 Å². The highest BCUT2D eigenvalue weighted by atomic mass is 16.7. The number of rotatable bonds is 10. The summed E-state index contributed by atoms with van der Waals surface area (Å²) in [4.78, 5) is 0. The van der Waals surface area contributed by atoms with Gasteiger partial charge in [-0.05, 0) is 12.8 Å². The van der Waals surface area contributed by atoms with E-state index in [4.69, 9.17) is 37.9 Å².